The molecule has 146 valence electrons. The average Bonchev–Trinajstić information content (AvgIpc) is 3.26. The van der Waals surface area contributed by atoms with E-state index < -0.39 is 12.0 Å². The third-order valence-electron chi connectivity index (χ3n) is 4.89. The van der Waals surface area contributed by atoms with E-state index in [1.54, 1.807) is 24.3 Å². The van der Waals surface area contributed by atoms with Crippen LogP contribution in [0.25, 0.3) is 0 Å². The van der Waals surface area contributed by atoms with Gasteiger partial charge < -0.3 is 10.1 Å². The largest absolute Gasteiger partial charge is 0.464 e. The zero-order valence-corrected chi connectivity index (χ0v) is 16.0. The fourth-order valence-electron chi connectivity index (χ4n) is 3.38. The Kier molecular flexibility index (Phi) is 4.90. The summed E-state index contributed by atoms with van der Waals surface area (Å²) in [7, 11) is 1.27. The lowest BCUT2D eigenvalue weighted by Crippen LogP contribution is -2.32. The number of nitrogens with zero attached hydrogens (tertiary/aromatic N) is 4. The fraction of sp³-hybridized carbons (Fsp3) is 0.190. The van der Waals surface area contributed by atoms with Crippen molar-refractivity contribution in [1.29, 1.82) is 0 Å². The summed E-state index contributed by atoms with van der Waals surface area (Å²) in [6.45, 7) is 2.07. The fourth-order valence-corrected chi connectivity index (χ4v) is 3.38. The Morgan fingerprint density at radius 1 is 1.10 bits per heavy atom. The van der Waals surface area contributed by atoms with E-state index in [1.165, 1.54) is 11.8 Å². The monoisotopic (exact) mass is 389 g/mol. The number of allylic oxidation sites excluding steroid dienone is 1. The van der Waals surface area contributed by atoms with Gasteiger partial charge in [-0.25, -0.2) is 4.79 Å². The van der Waals surface area contributed by atoms with Crippen LogP contribution in [0.1, 0.15) is 34.5 Å². The van der Waals surface area contributed by atoms with Crippen LogP contribution in [0.15, 0.2) is 65.9 Å². The average molecular weight is 389 g/mol. The first-order valence-electron chi connectivity index (χ1n) is 9.20. The van der Waals surface area contributed by atoms with Crippen molar-refractivity contribution in [3.05, 3.63) is 82.6 Å². The number of anilines is 1. The molecule has 2 aromatic carbocycles. The highest BCUT2D eigenvalue weighted by molar-refractivity contribution is 6.14. The molecule has 0 amide bonds. The normalized spacial score (nSPS) is 15.4. The molecule has 1 aliphatic heterocycles. The Morgan fingerprint density at radius 3 is 2.48 bits per heavy atom. The number of tetrazole rings is 1. The van der Waals surface area contributed by atoms with Gasteiger partial charge in [0.15, 0.2) is 5.78 Å². The first-order chi connectivity index (χ1) is 14.1. The minimum absolute atomic E-state index is 0.0354. The van der Waals surface area contributed by atoms with Crippen LogP contribution in [-0.2, 0) is 16.0 Å². The first kappa shape index (κ1) is 18.5. The second-order valence-electron chi connectivity index (χ2n) is 6.55. The number of nitrogens with one attached hydrogen (secondary N) is 1. The minimum atomic E-state index is -0.672. The molecule has 4 rings (SSSR count). The molecule has 0 saturated heterocycles. The lowest BCUT2D eigenvalue weighted by atomic mass is 9.89. The number of aryl methyl sites for hydroxylation is 1. The Hall–Kier alpha value is -3.81. The van der Waals surface area contributed by atoms with Gasteiger partial charge in [0.2, 0.25) is 5.95 Å². The van der Waals surface area contributed by atoms with Crippen molar-refractivity contribution < 1.29 is 14.3 Å². The van der Waals surface area contributed by atoms with Crippen molar-refractivity contribution in [3.63, 3.8) is 0 Å². The smallest absolute Gasteiger partial charge is 0.355 e. The summed E-state index contributed by atoms with van der Waals surface area (Å²) in [5.74, 6) is -0.697. The van der Waals surface area contributed by atoms with E-state index in [1.807, 2.05) is 30.3 Å². The molecule has 0 bridgehead atoms. The number of hydrogen-bond donors (Lipinski definition) is 1. The standard InChI is InChI=1S/C21H19N5O3/c1-3-13-9-11-14(12-10-13)18-16(19(27)15-7-5-4-6-8-15)17(20(28)29-2)22-21-23-24-25-26(18)21/h4-12,18H,3H2,1-2H3,(H,22,23,25)/t18-/m0/s1. The van der Waals surface area contributed by atoms with Crippen LogP contribution < -0.4 is 5.32 Å². The summed E-state index contributed by atoms with van der Waals surface area (Å²) in [5.41, 5.74) is 2.67. The van der Waals surface area contributed by atoms with E-state index >= 15 is 0 Å². The molecule has 0 spiro atoms. The van der Waals surface area contributed by atoms with Crippen LogP contribution in [0.3, 0.4) is 0 Å². The summed E-state index contributed by atoms with van der Waals surface area (Å²) < 4.78 is 6.43. The highest BCUT2D eigenvalue weighted by Crippen LogP contribution is 2.36. The van der Waals surface area contributed by atoms with Crippen LogP contribution in [-0.4, -0.2) is 39.1 Å². The highest BCUT2D eigenvalue weighted by atomic mass is 16.5. The zero-order chi connectivity index (χ0) is 20.4. The number of hydrogen-bond acceptors (Lipinski definition) is 7. The molecule has 1 aliphatic rings. The molecule has 8 heteroatoms. The molecular formula is C21H19N5O3. The van der Waals surface area contributed by atoms with Crippen molar-refractivity contribution in [1.82, 2.24) is 20.2 Å². The Balaban J connectivity index is 1.93. The second kappa shape index (κ2) is 7.67. The lowest BCUT2D eigenvalue weighted by molar-refractivity contribution is -0.136. The van der Waals surface area contributed by atoms with E-state index in [2.05, 4.69) is 27.8 Å². The third kappa shape index (κ3) is 3.29. The van der Waals surface area contributed by atoms with Crippen LogP contribution in [0.5, 0.6) is 0 Å². The van der Waals surface area contributed by atoms with Gasteiger partial charge in [0.1, 0.15) is 11.7 Å². The maximum Gasteiger partial charge on any atom is 0.355 e. The van der Waals surface area contributed by atoms with Gasteiger partial charge in [-0.05, 0) is 28.0 Å². The minimum Gasteiger partial charge on any atom is -0.464 e. The van der Waals surface area contributed by atoms with E-state index in [4.69, 9.17) is 4.74 Å². The van der Waals surface area contributed by atoms with Crippen molar-refractivity contribution >= 4 is 17.7 Å². The molecule has 0 aliphatic carbocycles. The molecule has 3 aromatic rings. The van der Waals surface area contributed by atoms with Crippen LogP contribution in [0.4, 0.5) is 5.95 Å². The van der Waals surface area contributed by atoms with Gasteiger partial charge in [-0.2, -0.15) is 4.68 Å². The van der Waals surface area contributed by atoms with Crippen molar-refractivity contribution in [3.8, 4) is 0 Å². The van der Waals surface area contributed by atoms with Crippen molar-refractivity contribution in [2.45, 2.75) is 19.4 Å². The first-order valence-corrected chi connectivity index (χ1v) is 9.20. The van der Waals surface area contributed by atoms with Gasteiger partial charge in [0.05, 0.1) is 12.7 Å². The second-order valence-corrected chi connectivity index (χ2v) is 6.55. The maximum atomic E-state index is 13.5. The van der Waals surface area contributed by atoms with Gasteiger partial charge in [-0.1, -0.05) is 66.6 Å². The van der Waals surface area contributed by atoms with Crippen molar-refractivity contribution in [2.75, 3.05) is 12.4 Å². The quantitative estimate of drug-likeness (QED) is 0.529. The molecule has 0 radical (unpaired) electrons. The number of ketones is 1. The number of carbonyl (C=O) groups is 2. The summed E-state index contributed by atoms with van der Waals surface area (Å²) >= 11 is 0. The van der Waals surface area contributed by atoms with Gasteiger partial charge >= 0.3 is 5.97 Å². The van der Waals surface area contributed by atoms with E-state index in [0.29, 0.717) is 5.56 Å². The number of rotatable bonds is 5. The molecule has 0 saturated carbocycles. The number of Topliss-reactive ketones (excluding diaryl/α,β-unsaturated/α-hetero) is 1. The lowest BCUT2D eigenvalue weighted by Gasteiger charge is -2.28. The SMILES string of the molecule is CCc1ccc([C@H]2C(C(=O)c3ccccc3)=C(C(=O)OC)Nc3nnnn32)cc1. The molecule has 0 fully saturated rings. The molecule has 1 atom stereocenters. The molecule has 2 heterocycles. The van der Waals surface area contributed by atoms with Crippen molar-refractivity contribution in [2.24, 2.45) is 0 Å². The Bertz CT molecular complexity index is 1090. The van der Waals surface area contributed by atoms with Crippen LogP contribution >= 0.6 is 0 Å². The molecule has 8 nitrogen and oxygen atoms in total. The topological polar surface area (TPSA) is 99.0 Å². The van der Waals surface area contributed by atoms with Crippen LogP contribution in [0, 0.1) is 0 Å². The van der Waals surface area contributed by atoms with E-state index in [9.17, 15) is 9.59 Å². The predicted octanol–water partition coefficient (Wildman–Crippen LogP) is 2.56. The number of ether oxygens (including phenoxy) is 1. The molecule has 0 unspecified atom stereocenters. The molecular weight excluding hydrogens is 370 g/mol. The number of carbonyl (C=O) groups excluding carboxylic acids is 2. The molecule has 1 N–H and O–H groups in total. The molecule has 29 heavy (non-hydrogen) atoms. The van der Waals surface area contributed by atoms with Gasteiger partial charge in [0.25, 0.3) is 0 Å². The summed E-state index contributed by atoms with van der Waals surface area (Å²) in [6, 6.07) is 15.9. The summed E-state index contributed by atoms with van der Waals surface area (Å²) in [4.78, 5) is 26.0. The zero-order valence-electron chi connectivity index (χ0n) is 16.0. The number of fused-ring (bicyclic) bond motifs is 1. The highest BCUT2D eigenvalue weighted by Gasteiger charge is 2.38. The van der Waals surface area contributed by atoms with E-state index in [0.717, 1.165) is 17.5 Å². The maximum absolute atomic E-state index is 13.5. The van der Waals surface area contributed by atoms with Gasteiger partial charge in [-0.3, -0.25) is 4.79 Å². The summed E-state index contributed by atoms with van der Waals surface area (Å²) in [6.07, 6.45) is 0.891. The Labute approximate surface area is 167 Å². The number of esters is 1. The van der Waals surface area contributed by atoms with E-state index in [-0.39, 0.29) is 23.0 Å². The predicted molar refractivity (Wildman–Crippen MR) is 105 cm³/mol. The molecule has 1 aromatic heterocycles. The van der Waals surface area contributed by atoms with Gasteiger partial charge in [0, 0.05) is 5.56 Å². The Morgan fingerprint density at radius 2 is 1.83 bits per heavy atom. The number of methoxy groups -OCH3 is 1. The number of aromatic nitrogens is 4. The van der Waals surface area contributed by atoms with Gasteiger partial charge in [-0.15, -0.1) is 0 Å². The third-order valence-corrected chi connectivity index (χ3v) is 4.89. The summed E-state index contributed by atoms with van der Waals surface area (Å²) in [5, 5.41) is 14.6. The van der Waals surface area contributed by atoms with Crippen LogP contribution in [0.2, 0.25) is 0 Å². The number of benzene rings is 2.